The fraction of sp³-hybridized carbons (Fsp3) is 0.286. The summed E-state index contributed by atoms with van der Waals surface area (Å²) < 4.78 is 5.55. The highest BCUT2D eigenvalue weighted by molar-refractivity contribution is 6.22. The van der Waals surface area contributed by atoms with Crippen molar-refractivity contribution in [1.82, 2.24) is 4.90 Å². The molecule has 0 spiro atoms. The maximum Gasteiger partial charge on any atom is 0.261 e. The first kappa shape index (κ1) is 17.4. The third-order valence-corrected chi connectivity index (χ3v) is 5.08. The van der Waals surface area contributed by atoms with Crippen LogP contribution in [0.2, 0.25) is 0 Å². The average Bonchev–Trinajstić information content (AvgIpc) is 3.30. The molecule has 2 heterocycles. The molecule has 1 unspecified atom stereocenters. The van der Waals surface area contributed by atoms with Crippen LogP contribution in [0, 0.1) is 0 Å². The second kappa shape index (κ2) is 6.96. The molecule has 1 fully saturated rings. The van der Waals surface area contributed by atoms with Gasteiger partial charge in [0.15, 0.2) is 0 Å². The third-order valence-electron chi connectivity index (χ3n) is 5.08. The molecule has 3 amide bonds. The topological polar surface area (TPSA) is 66.9 Å². The Kier molecular flexibility index (Phi) is 4.49. The summed E-state index contributed by atoms with van der Waals surface area (Å²) in [6.07, 6.45) is 1.69. The predicted molar refractivity (Wildman–Crippen MR) is 100.0 cm³/mol. The van der Waals surface area contributed by atoms with Gasteiger partial charge >= 0.3 is 0 Å². The van der Waals surface area contributed by atoms with Crippen molar-refractivity contribution in [2.45, 2.75) is 18.9 Å². The Hall–Kier alpha value is -2.99. The van der Waals surface area contributed by atoms with E-state index < -0.39 is 0 Å². The molecule has 138 valence electrons. The number of para-hydroxylation sites is 1. The second-order valence-corrected chi connectivity index (χ2v) is 6.82. The normalized spacial score (nSPS) is 18.7. The minimum Gasteiger partial charge on any atom is -0.376 e. The minimum absolute atomic E-state index is 0.0995. The zero-order chi connectivity index (χ0) is 19.0. The molecule has 0 radical (unpaired) electrons. The maximum absolute atomic E-state index is 12.8. The molecular weight excluding hydrogens is 344 g/mol. The molecule has 2 aromatic carbocycles. The van der Waals surface area contributed by atoms with Crippen molar-refractivity contribution in [3.63, 3.8) is 0 Å². The van der Waals surface area contributed by atoms with Crippen LogP contribution in [-0.2, 0) is 4.74 Å². The molecule has 0 aromatic heterocycles. The van der Waals surface area contributed by atoms with Gasteiger partial charge in [-0.3, -0.25) is 19.3 Å². The van der Waals surface area contributed by atoms with Crippen LogP contribution >= 0.6 is 0 Å². The number of benzene rings is 2. The lowest BCUT2D eigenvalue weighted by atomic mass is 10.0. The van der Waals surface area contributed by atoms with Gasteiger partial charge in [0, 0.05) is 24.9 Å². The number of rotatable bonds is 4. The number of imide groups is 1. The van der Waals surface area contributed by atoms with E-state index in [0.717, 1.165) is 18.5 Å². The van der Waals surface area contributed by atoms with Crippen molar-refractivity contribution in [2.75, 3.05) is 25.1 Å². The van der Waals surface area contributed by atoms with Crippen LogP contribution in [-0.4, -0.2) is 48.9 Å². The molecule has 1 atom stereocenters. The summed E-state index contributed by atoms with van der Waals surface area (Å²) in [7, 11) is 1.68. The Balaban J connectivity index is 1.58. The zero-order valence-corrected chi connectivity index (χ0v) is 15.1. The van der Waals surface area contributed by atoms with E-state index in [1.54, 1.807) is 19.2 Å². The van der Waals surface area contributed by atoms with Gasteiger partial charge in [0.25, 0.3) is 17.7 Å². The lowest BCUT2D eigenvalue weighted by Gasteiger charge is -2.18. The highest BCUT2D eigenvalue weighted by Crippen LogP contribution is 2.27. The summed E-state index contributed by atoms with van der Waals surface area (Å²) in [5, 5.41) is 0. The molecule has 4 rings (SSSR count). The molecule has 0 bridgehead atoms. The average molecular weight is 364 g/mol. The Morgan fingerprint density at radius 1 is 1.11 bits per heavy atom. The molecule has 2 aromatic rings. The van der Waals surface area contributed by atoms with E-state index in [2.05, 4.69) is 0 Å². The first-order chi connectivity index (χ1) is 13.1. The number of nitrogens with zero attached hydrogens (tertiary/aromatic N) is 2. The van der Waals surface area contributed by atoms with Crippen LogP contribution in [0.1, 0.15) is 43.9 Å². The van der Waals surface area contributed by atoms with Gasteiger partial charge in [-0.05, 0) is 43.2 Å². The third kappa shape index (κ3) is 3.13. The summed E-state index contributed by atoms with van der Waals surface area (Å²) in [6, 6.07) is 13.9. The SMILES string of the molecule is CN(C(=O)c1ccc2c(c1)C(=O)N(CC1CCCO1)C2=O)c1ccccc1. The summed E-state index contributed by atoms with van der Waals surface area (Å²) in [6.45, 7) is 0.928. The van der Waals surface area contributed by atoms with Gasteiger partial charge < -0.3 is 9.64 Å². The number of hydrogen-bond acceptors (Lipinski definition) is 4. The van der Waals surface area contributed by atoms with Gasteiger partial charge in [-0.2, -0.15) is 0 Å². The molecule has 0 aliphatic carbocycles. The number of fused-ring (bicyclic) bond motifs is 1. The molecule has 0 saturated carbocycles. The first-order valence-electron chi connectivity index (χ1n) is 9.01. The van der Waals surface area contributed by atoms with Gasteiger partial charge in [0.05, 0.1) is 23.8 Å². The number of hydrogen-bond donors (Lipinski definition) is 0. The van der Waals surface area contributed by atoms with E-state index in [0.29, 0.717) is 17.7 Å². The minimum atomic E-state index is -0.359. The molecule has 2 aliphatic rings. The standard InChI is InChI=1S/C21H20N2O4/c1-22(15-6-3-2-4-7-15)19(24)14-9-10-17-18(12-14)21(26)23(20(17)25)13-16-8-5-11-27-16/h2-4,6-7,9-10,12,16H,5,8,11,13H2,1H3. The number of carbonyl (C=O) groups is 3. The fourth-order valence-electron chi connectivity index (χ4n) is 3.54. The van der Waals surface area contributed by atoms with E-state index in [4.69, 9.17) is 4.74 Å². The second-order valence-electron chi connectivity index (χ2n) is 6.82. The van der Waals surface area contributed by atoms with Gasteiger partial charge in [-0.25, -0.2) is 0 Å². The van der Waals surface area contributed by atoms with Gasteiger partial charge in [0.1, 0.15) is 0 Å². The van der Waals surface area contributed by atoms with E-state index in [1.807, 2.05) is 30.3 Å². The van der Waals surface area contributed by atoms with E-state index in [-0.39, 0.29) is 35.9 Å². The molecule has 0 N–H and O–H groups in total. The molecule has 1 saturated heterocycles. The first-order valence-corrected chi connectivity index (χ1v) is 9.01. The molecule has 2 aliphatic heterocycles. The van der Waals surface area contributed by atoms with Crippen LogP contribution in [0.5, 0.6) is 0 Å². The quantitative estimate of drug-likeness (QED) is 0.783. The van der Waals surface area contributed by atoms with Crippen molar-refractivity contribution >= 4 is 23.4 Å². The van der Waals surface area contributed by atoms with Crippen LogP contribution in [0.4, 0.5) is 5.69 Å². The predicted octanol–water partition coefficient (Wildman–Crippen LogP) is 2.74. The van der Waals surface area contributed by atoms with E-state index >= 15 is 0 Å². The van der Waals surface area contributed by atoms with Crippen molar-refractivity contribution in [1.29, 1.82) is 0 Å². The van der Waals surface area contributed by atoms with Gasteiger partial charge in [0.2, 0.25) is 0 Å². The van der Waals surface area contributed by atoms with E-state index in [1.165, 1.54) is 15.9 Å². The van der Waals surface area contributed by atoms with Gasteiger partial charge in [-0.15, -0.1) is 0 Å². The lowest BCUT2D eigenvalue weighted by Crippen LogP contribution is -2.36. The fourth-order valence-corrected chi connectivity index (χ4v) is 3.54. The van der Waals surface area contributed by atoms with Crippen LogP contribution < -0.4 is 4.90 Å². The summed E-state index contributed by atoms with van der Waals surface area (Å²) in [5.74, 6) is -0.912. The maximum atomic E-state index is 12.8. The number of anilines is 1. The summed E-state index contributed by atoms with van der Waals surface area (Å²) in [5.41, 5.74) is 1.76. The van der Waals surface area contributed by atoms with Crippen molar-refractivity contribution < 1.29 is 19.1 Å². The smallest absolute Gasteiger partial charge is 0.261 e. The van der Waals surface area contributed by atoms with E-state index in [9.17, 15) is 14.4 Å². The number of amides is 3. The highest BCUT2D eigenvalue weighted by Gasteiger charge is 2.38. The zero-order valence-electron chi connectivity index (χ0n) is 15.1. The van der Waals surface area contributed by atoms with Crippen LogP contribution in [0.25, 0.3) is 0 Å². The van der Waals surface area contributed by atoms with Crippen molar-refractivity contribution in [3.8, 4) is 0 Å². The van der Waals surface area contributed by atoms with Crippen molar-refractivity contribution in [3.05, 3.63) is 65.2 Å². The molecule has 27 heavy (non-hydrogen) atoms. The number of carbonyl (C=O) groups excluding carboxylic acids is 3. The lowest BCUT2D eigenvalue weighted by molar-refractivity contribution is 0.0475. The monoisotopic (exact) mass is 364 g/mol. The molecular formula is C21H20N2O4. The Labute approximate surface area is 157 Å². The van der Waals surface area contributed by atoms with Crippen LogP contribution in [0.15, 0.2) is 48.5 Å². The largest absolute Gasteiger partial charge is 0.376 e. The van der Waals surface area contributed by atoms with Crippen LogP contribution in [0.3, 0.4) is 0 Å². The van der Waals surface area contributed by atoms with Gasteiger partial charge in [-0.1, -0.05) is 18.2 Å². The Morgan fingerprint density at radius 3 is 2.56 bits per heavy atom. The highest BCUT2D eigenvalue weighted by atomic mass is 16.5. The Morgan fingerprint density at radius 2 is 1.85 bits per heavy atom. The summed E-state index contributed by atoms with van der Waals surface area (Å²) in [4.78, 5) is 40.9. The molecule has 6 heteroatoms. The Bertz CT molecular complexity index is 904. The molecule has 6 nitrogen and oxygen atoms in total. The summed E-state index contributed by atoms with van der Waals surface area (Å²) >= 11 is 0. The van der Waals surface area contributed by atoms with Crippen molar-refractivity contribution in [2.24, 2.45) is 0 Å². The number of ether oxygens (including phenoxy) is 1.